The molecule has 0 spiro atoms. The number of nitrogens with one attached hydrogen (secondary N) is 1. The molecule has 106 valence electrons. The fourth-order valence-electron chi connectivity index (χ4n) is 2.81. The molecule has 1 N–H and O–H groups in total. The summed E-state index contributed by atoms with van der Waals surface area (Å²) in [6.45, 7) is 2.12. The Morgan fingerprint density at radius 2 is 1.85 bits per heavy atom. The maximum Gasteiger partial charge on any atom is 0.155 e. The molecule has 1 saturated carbocycles. The minimum atomic E-state index is 0.586. The molecule has 0 atom stereocenters. The zero-order valence-electron chi connectivity index (χ0n) is 11.8. The standard InChI is InChI=1S/C16H20BrN3/c1-12-11-20(15-5-3-2-4-6-15)19-16(12)18-14-9-7-13(17)8-10-14/h7-11,15H,2-6H2,1H3,(H,18,19). The van der Waals surface area contributed by atoms with E-state index in [-0.39, 0.29) is 0 Å². The fraction of sp³-hybridized carbons (Fsp3) is 0.438. The maximum atomic E-state index is 4.75. The van der Waals surface area contributed by atoms with Crippen molar-refractivity contribution in [3.8, 4) is 0 Å². The third kappa shape index (κ3) is 3.06. The minimum Gasteiger partial charge on any atom is -0.339 e. The van der Waals surface area contributed by atoms with Crippen molar-refractivity contribution in [2.75, 3.05) is 5.32 Å². The van der Waals surface area contributed by atoms with Gasteiger partial charge in [-0.25, -0.2) is 0 Å². The highest BCUT2D eigenvalue weighted by atomic mass is 79.9. The lowest BCUT2D eigenvalue weighted by Crippen LogP contribution is -2.13. The number of hydrogen-bond acceptors (Lipinski definition) is 2. The predicted molar refractivity (Wildman–Crippen MR) is 86.5 cm³/mol. The van der Waals surface area contributed by atoms with Gasteiger partial charge in [-0.3, -0.25) is 4.68 Å². The van der Waals surface area contributed by atoms with Crippen LogP contribution in [0, 0.1) is 6.92 Å². The lowest BCUT2D eigenvalue weighted by molar-refractivity contribution is 0.330. The molecule has 1 fully saturated rings. The molecule has 0 aliphatic heterocycles. The van der Waals surface area contributed by atoms with E-state index in [1.807, 2.05) is 12.1 Å². The first-order valence-electron chi connectivity index (χ1n) is 7.31. The molecular weight excluding hydrogens is 314 g/mol. The van der Waals surface area contributed by atoms with Gasteiger partial charge in [-0.15, -0.1) is 0 Å². The number of aromatic nitrogens is 2. The normalized spacial score (nSPS) is 16.3. The largest absolute Gasteiger partial charge is 0.339 e. The lowest BCUT2D eigenvalue weighted by atomic mass is 9.96. The summed E-state index contributed by atoms with van der Waals surface area (Å²) in [7, 11) is 0. The van der Waals surface area contributed by atoms with Gasteiger partial charge in [-0.1, -0.05) is 35.2 Å². The molecule has 1 aliphatic rings. The highest BCUT2D eigenvalue weighted by Crippen LogP contribution is 2.29. The van der Waals surface area contributed by atoms with Crippen LogP contribution in [0.25, 0.3) is 0 Å². The third-order valence-corrected chi connectivity index (χ3v) is 4.50. The Bertz CT molecular complexity index is 568. The highest BCUT2D eigenvalue weighted by molar-refractivity contribution is 9.10. The van der Waals surface area contributed by atoms with Crippen LogP contribution in [-0.4, -0.2) is 9.78 Å². The van der Waals surface area contributed by atoms with Crippen LogP contribution in [0.1, 0.15) is 43.7 Å². The number of anilines is 2. The van der Waals surface area contributed by atoms with Crippen molar-refractivity contribution >= 4 is 27.4 Å². The number of nitrogens with zero attached hydrogens (tertiary/aromatic N) is 2. The van der Waals surface area contributed by atoms with Gasteiger partial charge in [0.25, 0.3) is 0 Å². The van der Waals surface area contributed by atoms with E-state index >= 15 is 0 Å². The van der Waals surface area contributed by atoms with E-state index in [1.165, 1.54) is 37.7 Å². The summed E-state index contributed by atoms with van der Waals surface area (Å²) in [5.74, 6) is 0.970. The van der Waals surface area contributed by atoms with Gasteiger partial charge in [-0.05, 0) is 44.0 Å². The van der Waals surface area contributed by atoms with E-state index in [1.54, 1.807) is 0 Å². The van der Waals surface area contributed by atoms with Crippen LogP contribution in [0.4, 0.5) is 11.5 Å². The summed E-state index contributed by atoms with van der Waals surface area (Å²) in [6, 6.07) is 8.78. The van der Waals surface area contributed by atoms with Crippen molar-refractivity contribution in [3.63, 3.8) is 0 Å². The first-order chi connectivity index (χ1) is 9.72. The van der Waals surface area contributed by atoms with Crippen LogP contribution in [0.3, 0.4) is 0 Å². The molecule has 1 aromatic heterocycles. The molecule has 1 heterocycles. The molecule has 1 aromatic carbocycles. The van der Waals surface area contributed by atoms with Crippen LogP contribution >= 0.6 is 15.9 Å². The monoisotopic (exact) mass is 333 g/mol. The second-order valence-corrected chi connectivity index (χ2v) is 6.48. The van der Waals surface area contributed by atoms with Crippen molar-refractivity contribution in [1.82, 2.24) is 9.78 Å². The average molecular weight is 334 g/mol. The lowest BCUT2D eigenvalue weighted by Gasteiger charge is -2.21. The van der Waals surface area contributed by atoms with Crippen LogP contribution in [-0.2, 0) is 0 Å². The Morgan fingerprint density at radius 1 is 1.15 bits per heavy atom. The van der Waals surface area contributed by atoms with E-state index in [9.17, 15) is 0 Å². The van der Waals surface area contributed by atoms with Gasteiger partial charge in [0.05, 0.1) is 6.04 Å². The molecule has 0 bridgehead atoms. The number of rotatable bonds is 3. The number of halogens is 1. The third-order valence-electron chi connectivity index (χ3n) is 3.97. The number of aryl methyl sites for hydroxylation is 1. The Morgan fingerprint density at radius 3 is 2.55 bits per heavy atom. The molecule has 0 saturated heterocycles. The van der Waals surface area contributed by atoms with E-state index in [0.717, 1.165) is 16.0 Å². The molecule has 4 heteroatoms. The van der Waals surface area contributed by atoms with Gasteiger partial charge in [0.2, 0.25) is 0 Å². The van der Waals surface area contributed by atoms with Gasteiger partial charge in [0, 0.05) is 21.9 Å². The molecular formula is C16H20BrN3. The molecule has 1 aliphatic carbocycles. The maximum absolute atomic E-state index is 4.75. The summed E-state index contributed by atoms with van der Waals surface area (Å²) in [4.78, 5) is 0. The van der Waals surface area contributed by atoms with E-state index in [4.69, 9.17) is 5.10 Å². The Labute approximate surface area is 128 Å². The van der Waals surface area contributed by atoms with Crippen molar-refractivity contribution < 1.29 is 0 Å². The van der Waals surface area contributed by atoms with Gasteiger partial charge in [0.1, 0.15) is 0 Å². The summed E-state index contributed by atoms with van der Waals surface area (Å²) in [6.07, 6.45) is 8.74. The van der Waals surface area contributed by atoms with Crippen molar-refractivity contribution in [3.05, 3.63) is 40.5 Å². The topological polar surface area (TPSA) is 29.9 Å². The quantitative estimate of drug-likeness (QED) is 0.836. The van der Waals surface area contributed by atoms with Crippen molar-refractivity contribution in [2.45, 2.75) is 45.1 Å². The van der Waals surface area contributed by atoms with Crippen molar-refractivity contribution in [2.24, 2.45) is 0 Å². The first-order valence-corrected chi connectivity index (χ1v) is 8.10. The fourth-order valence-corrected chi connectivity index (χ4v) is 3.07. The number of benzene rings is 1. The summed E-state index contributed by atoms with van der Waals surface area (Å²) in [5.41, 5.74) is 2.28. The summed E-state index contributed by atoms with van der Waals surface area (Å²) in [5, 5.41) is 8.15. The molecule has 20 heavy (non-hydrogen) atoms. The second-order valence-electron chi connectivity index (χ2n) is 5.56. The minimum absolute atomic E-state index is 0.586. The summed E-state index contributed by atoms with van der Waals surface area (Å²) < 4.78 is 3.25. The van der Waals surface area contributed by atoms with Crippen LogP contribution in [0.2, 0.25) is 0 Å². The van der Waals surface area contributed by atoms with Gasteiger partial charge >= 0.3 is 0 Å². The van der Waals surface area contributed by atoms with E-state index in [2.05, 4.69) is 51.2 Å². The highest BCUT2D eigenvalue weighted by Gasteiger charge is 2.17. The van der Waals surface area contributed by atoms with Crippen LogP contribution < -0.4 is 5.32 Å². The zero-order chi connectivity index (χ0) is 13.9. The molecule has 3 rings (SSSR count). The average Bonchev–Trinajstić information content (AvgIpc) is 2.84. The first kappa shape index (κ1) is 13.7. The van der Waals surface area contributed by atoms with E-state index < -0.39 is 0 Å². The van der Waals surface area contributed by atoms with E-state index in [0.29, 0.717) is 6.04 Å². The zero-order valence-corrected chi connectivity index (χ0v) is 13.4. The van der Waals surface area contributed by atoms with Crippen LogP contribution in [0.5, 0.6) is 0 Å². The summed E-state index contributed by atoms with van der Waals surface area (Å²) >= 11 is 3.45. The Balaban J connectivity index is 1.76. The Kier molecular flexibility index (Phi) is 4.10. The predicted octanol–water partition coefficient (Wildman–Crippen LogP) is 5.20. The second kappa shape index (κ2) is 6.00. The molecule has 0 radical (unpaired) electrons. The van der Waals surface area contributed by atoms with Crippen LogP contribution in [0.15, 0.2) is 34.9 Å². The van der Waals surface area contributed by atoms with Crippen molar-refractivity contribution in [1.29, 1.82) is 0 Å². The molecule has 0 amide bonds. The van der Waals surface area contributed by atoms with Gasteiger partial charge in [0.15, 0.2) is 5.82 Å². The Hall–Kier alpha value is -1.29. The van der Waals surface area contributed by atoms with Gasteiger partial charge in [-0.2, -0.15) is 5.10 Å². The smallest absolute Gasteiger partial charge is 0.155 e. The molecule has 2 aromatic rings. The molecule has 3 nitrogen and oxygen atoms in total. The SMILES string of the molecule is Cc1cn(C2CCCCC2)nc1Nc1ccc(Br)cc1. The molecule has 0 unspecified atom stereocenters. The number of hydrogen-bond donors (Lipinski definition) is 1. The van der Waals surface area contributed by atoms with Gasteiger partial charge < -0.3 is 5.32 Å².